The molecule has 2 atom stereocenters. The van der Waals surface area contributed by atoms with Gasteiger partial charge >= 0.3 is 0 Å². The summed E-state index contributed by atoms with van der Waals surface area (Å²) in [6.45, 7) is 4.81. The van der Waals surface area contributed by atoms with Gasteiger partial charge in [-0.05, 0) is 38.6 Å². The zero-order chi connectivity index (χ0) is 11.7. The van der Waals surface area contributed by atoms with Crippen molar-refractivity contribution in [3.05, 3.63) is 0 Å². The second kappa shape index (κ2) is 4.53. The molecule has 1 heterocycles. The minimum Gasteiger partial charge on any atom is -0.305 e. The van der Waals surface area contributed by atoms with E-state index in [1.807, 2.05) is 13.8 Å². The van der Waals surface area contributed by atoms with Gasteiger partial charge in [-0.1, -0.05) is 6.92 Å². The van der Waals surface area contributed by atoms with Gasteiger partial charge in [0.1, 0.15) is 0 Å². The van der Waals surface area contributed by atoms with E-state index in [0.29, 0.717) is 6.42 Å². The molecule has 4 nitrogen and oxygen atoms in total. The molecule has 1 N–H and O–H groups in total. The van der Waals surface area contributed by atoms with Crippen molar-refractivity contribution in [2.45, 2.75) is 51.6 Å². The Balaban J connectivity index is 1.91. The first kappa shape index (κ1) is 11.6. The third-order valence-electron chi connectivity index (χ3n) is 3.56. The van der Waals surface area contributed by atoms with Gasteiger partial charge in [0.15, 0.2) is 0 Å². The Morgan fingerprint density at radius 2 is 2.12 bits per heavy atom. The highest BCUT2D eigenvalue weighted by Gasteiger charge is 2.40. The molecule has 0 bridgehead atoms. The Morgan fingerprint density at radius 1 is 1.44 bits per heavy atom. The van der Waals surface area contributed by atoms with Gasteiger partial charge in [-0.15, -0.1) is 0 Å². The smallest absolute Gasteiger partial charge is 0.247 e. The second-order valence-corrected chi connectivity index (χ2v) is 4.97. The average molecular weight is 224 g/mol. The van der Waals surface area contributed by atoms with Gasteiger partial charge in [0.25, 0.3) is 0 Å². The summed E-state index contributed by atoms with van der Waals surface area (Å²) >= 11 is 0. The molecule has 1 saturated heterocycles. The van der Waals surface area contributed by atoms with Gasteiger partial charge in [-0.25, -0.2) is 0 Å². The van der Waals surface area contributed by atoms with Crippen molar-refractivity contribution in [1.82, 2.24) is 10.2 Å². The van der Waals surface area contributed by atoms with Gasteiger partial charge in [0.2, 0.25) is 11.8 Å². The first-order valence-electron chi connectivity index (χ1n) is 6.22. The van der Waals surface area contributed by atoms with Crippen LogP contribution in [0.2, 0.25) is 0 Å². The van der Waals surface area contributed by atoms with E-state index >= 15 is 0 Å². The maximum absolute atomic E-state index is 12.0. The summed E-state index contributed by atoms with van der Waals surface area (Å²) in [5.74, 6) is 0.688. The standard InChI is InChI=1S/C12H20N2O2/c1-3-8(2)14-11(15)6-10(12(14)16)13-7-9-4-5-9/h8-10,13H,3-7H2,1-2H3. The van der Waals surface area contributed by atoms with Gasteiger partial charge in [0, 0.05) is 6.04 Å². The van der Waals surface area contributed by atoms with Crippen LogP contribution in [0.5, 0.6) is 0 Å². The predicted molar refractivity (Wildman–Crippen MR) is 60.7 cm³/mol. The molecule has 0 radical (unpaired) electrons. The van der Waals surface area contributed by atoms with Crippen LogP contribution in [0.3, 0.4) is 0 Å². The van der Waals surface area contributed by atoms with Gasteiger partial charge in [-0.3, -0.25) is 14.5 Å². The third-order valence-corrected chi connectivity index (χ3v) is 3.56. The van der Waals surface area contributed by atoms with E-state index in [1.165, 1.54) is 17.7 Å². The lowest BCUT2D eigenvalue weighted by molar-refractivity contribution is -0.141. The lowest BCUT2D eigenvalue weighted by Crippen LogP contribution is -2.43. The number of nitrogens with one attached hydrogen (secondary N) is 1. The van der Waals surface area contributed by atoms with Gasteiger partial charge < -0.3 is 5.32 Å². The number of amides is 2. The number of likely N-dealkylation sites (tertiary alicyclic amines) is 1. The summed E-state index contributed by atoms with van der Waals surface area (Å²) in [7, 11) is 0. The summed E-state index contributed by atoms with van der Waals surface area (Å²) in [4.78, 5) is 25.1. The molecular weight excluding hydrogens is 204 g/mol. The Bertz CT molecular complexity index is 299. The van der Waals surface area contributed by atoms with E-state index in [1.54, 1.807) is 0 Å². The molecule has 0 spiro atoms. The van der Waals surface area contributed by atoms with Crippen molar-refractivity contribution in [2.75, 3.05) is 6.54 Å². The monoisotopic (exact) mass is 224 g/mol. The molecule has 0 aromatic rings. The molecule has 1 aliphatic heterocycles. The third kappa shape index (κ3) is 2.26. The van der Waals surface area contributed by atoms with Crippen molar-refractivity contribution >= 4 is 11.8 Å². The lowest BCUT2D eigenvalue weighted by Gasteiger charge is -2.21. The van der Waals surface area contributed by atoms with Crippen LogP contribution in [-0.2, 0) is 9.59 Å². The predicted octanol–water partition coefficient (Wildman–Crippen LogP) is 0.912. The SMILES string of the molecule is CCC(C)N1C(=O)CC(NCC2CC2)C1=O. The van der Waals surface area contributed by atoms with Crippen LogP contribution < -0.4 is 5.32 Å². The number of hydrogen-bond acceptors (Lipinski definition) is 3. The molecule has 2 aliphatic rings. The Hall–Kier alpha value is -0.900. The molecule has 2 unspecified atom stereocenters. The van der Waals surface area contributed by atoms with E-state index in [0.717, 1.165) is 18.9 Å². The van der Waals surface area contributed by atoms with Crippen LogP contribution in [-0.4, -0.2) is 35.3 Å². The van der Waals surface area contributed by atoms with Gasteiger partial charge in [-0.2, -0.15) is 0 Å². The number of hydrogen-bond donors (Lipinski definition) is 1. The number of carbonyl (C=O) groups excluding carboxylic acids is 2. The normalized spacial score (nSPS) is 27.6. The molecule has 90 valence electrons. The van der Waals surface area contributed by atoms with Crippen LogP contribution in [0.25, 0.3) is 0 Å². The molecule has 2 fully saturated rings. The zero-order valence-corrected chi connectivity index (χ0v) is 10.0. The van der Waals surface area contributed by atoms with Crippen LogP contribution in [0.1, 0.15) is 39.5 Å². The molecule has 0 aromatic heterocycles. The number of nitrogens with zero attached hydrogens (tertiary/aromatic N) is 1. The molecule has 16 heavy (non-hydrogen) atoms. The Morgan fingerprint density at radius 3 is 2.69 bits per heavy atom. The second-order valence-electron chi connectivity index (χ2n) is 4.97. The van der Waals surface area contributed by atoms with E-state index in [-0.39, 0.29) is 23.9 Å². The molecule has 2 rings (SSSR count). The highest BCUT2D eigenvalue weighted by atomic mass is 16.2. The summed E-state index contributed by atoms with van der Waals surface area (Å²) < 4.78 is 0. The first-order valence-corrected chi connectivity index (χ1v) is 6.22. The van der Waals surface area contributed by atoms with Crippen molar-refractivity contribution < 1.29 is 9.59 Å². The highest BCUT2D eigenvalue weighted by molar-refractivity contribution is 6.05. The van der Waals surface area contributed by atoms with Crippen LogP contribution >= 0.6 is 0 Å². The fraction of sp³-hybridized carbons (Fsp3) is 0.833. The fourth-order valence-corrected chi connectivity index (χ4v) is 2.09. The van der Waals surface area contributed by atoms with Crippen LogP contribution in [0.4, 0.5) is 0 Å². The quantitative estimate of drug-likeness (QED) is 0.706. The van der Waals surface area contributed by atoms with Crippen LogP contribution in [0.15, 0.2) is 0 Å². The minimum atomic E-state index is -0.262. The first-order chi connectivity index (χ1) is 7.63. The largest absolute Gasteiger partial charge is 0.305 e. The van der Waals surface area contributed by atoms with Crippen molar-refractivity contribution in [3.8, 4) is 0 Å². The summed E-state index contributed by atoms with van der Waals surface area (Å²) in [5.41, 5.74) is 0. The minimum absolute atomic E-state index is 0.0207. The fourth-order valence-electron chi connectivity index (χ4n) is 2.09. The van der Waals surface area contributed by atoms with Crippen molar-refractivity contribution in [3.63, 3.8) is 0 Å². The Labute approximate surface area is 96.4 Å². The zero-order valence-electron chi connectivity index (χ0n) is 10.0. The number of carbonyl (C=O) groups is 2. The van der Waals surface area contributed by atoms with Crippen molar-refractivity contribution in [1.29, 1.82) is 0 Å². The lowest BCUT2D eigenvalue weighted by atomic mass is 10.2. The maximum atomic E-state index is 12.0. The van der Waals surface area contributed by atoms with Crippen LogP contribution in [0, 0.1) is 5.92 Å². The molecule has 1 saturated carbocycles. The van der Waals surface area contributed by atoms with Gasteiger partial charge in [0.05, 0.1) is 12.5 Å². The van der Waals surface area contributed by atoms with E-state index in [2.05, 4.69) is 5.32 Å². The Kier molecular flexibility index (Phi) is 3.28. The molecule has 4 heteroatoms. The van der Waals surface area contributed by atoms with Crippen molar-refractivity contribution in [2.24, 2.45) is 5.92 Å². The molecule has 2 amide bonds. The summed E-state index contributed by atoms with van der Waals surface area (Å²) in [6, 6.07) is -0.227. The van der Waals surface area contributed by atoms with E-state index < -0.39 is 0 Å². The number of rotatable bonds is 5. The molecular formula is C12H20N2O2. The summed E-state index contributed by atoms with van der Waals surface area (Å²) in [5, 5.41) is 3.22. The van der Waals surface area contributed by atoms with E-state index in [9.17, 15) is 9.59 Å². The molecule has 1 aliphatic carbocycles. The average Bonchev–Trinajstić information content (AvgIpc) is 3.03. The number of imide groups is 1. The van der Waals surface area contributed by atoms with E-state index in [4.69, 9.17) is 0 Å². The highest BCUT2D eigenvalue weighted by Crippen LogP contribution is 2.28. The topological polar surface area (TPSA) is 49.4 Å². The maximum Gasteiger partial charge on any atom is 0.247 e. The summed E-state index contributed by atoms with van der Waals surface area (Å²) in [6.07, 6.45) is 3.69. The molecule has 0 aromatic carbocycles.